The molecule has 0 aliphatic heterocycles. The van der Waals surface area contributed by atoms with E-state index in [1.54, 1.807) is 12.4 Å². The summed E-state index contributed by atoms with van der Waals surface area (Å²) >= 11 is 0. The molecule has 3 rings (SSSR count). The van der Waals surface area contributed by atoms with Gasteiger partial charge in [-0.1, -0.05) is 0 Å². The van der Waals surface area contributed by atoms with Gasteiger partial charge in [0.2, 0.25) is 5.91 Å². The number of carbonyl (C=O) groups excluding carboxylic acids is 1. The molecule has 1 amide bonds. The fourth-order valence-electron chi connectivity index (χ4n) is 3.77. The minimum absolute atomic E-state index is 0.0156. The van der Waals surface area contributed by atoms with E-state index in [1.807, 2.05) is 19.1 Å². The van der Waals surface area contributed by atoms with Gasteiger partial charge in [0.15, 0.2) is 0 Å². The minimum Gasteiger partial charge on any atom is -0.349 e. The second-order valence-electron chi connectivity index (χ2n) is 5.95. The second-order valence-corrected chi connectivity index (χ2v) is 5.95. The first-order valence-corrected chi connectivity index (χ1v) is 7.12. The number of nitrogens with zero attached hydrogens (tertiary/aromatic N) is 1. The highest BCUT2D eigenvalue weighted by molar-refractivity contribution is 5.80. The summed E-state index contributed by atoms with van der Waals surface area (Å²) in [5, 5.41) is 3.11. The number of rotatable bonds is 3. The van der Waals surface area contributed by atoms with Gasteiger partial charge in [-0.3, -0.25) is 9.78 Å². The molecule has 2 fully saturated rings. The third-order valence-electron chi connectivity index (χ3n) is 4.85. The molecule has 0 radical (unpaired) electrons. The van der Waals surface area contributed by atoms with Crippen LogP contribution in [-0.4, -0.2) is 16.9 Å². The van der Waals surface area contributed by atoms with E-state index in [1.165, 1.54) is 12.8 Å². The number of aromatic nitrogens is 1. The van der Waals surface area contributed by atoms with Gasteiger partial charge < -0.3 is 11.1 Å². The van der Waals surface area contributed by atoms with Crippen LogP contribution >= 0.6 is 0 Å². The van der Waals surface area contributed by atoms with E-state index < -0.39 is 0 Å². The summed E-state index contributed by atoms with van der Waals surface area (Å²) in [7, 11) is 0. The fourth-order valence-corrected chi connectivity index (χ4v) is 3.77. The molecule has 5 unspecified atom stereocenters. The molecule has 5 atom stereocenters. The van der Waals surface area contributed by atoms with Crippen LogP contribution in [0.15, 0.2) is 24.5 Å². The van der Waals surface area contributed by atoms with E-state index in [2.05, 4.69) is 10.3 Å². The first-order chi connectivity index (χ1) is 9.16. The maximum Gasteiger partial charge on any atom is 0.225 e. The van der Waals surface area contributed by atoms with Crippen LogP contribution in [0.2, 0.25) is 0 Å². The first-order valence-electron chi connectivity index (χ1n) is 7.12. The summed E-state index contributed by atoms with van der Waals surface area (Å²) in [6.07, 6.45) is 7.01. The molecule has 4 nitrogen and oxygen atoms in total. The van der Waals surface area contributed by atoms with Crippen molar-refractivity contribution in [2.24, 2.45) is 23.5 Å². The number of hydrogen-bond donors (Lipinski definition) is 2. The van der Waals surface area contributed by atoms with Crippen LogP contribution in [0.3, 0.4) is 0 Å². The van der Waals surface area contributed by atoms with E-state index in [9.17, 15) is 4.79 Å². The number of nitrogens with two attached hydrogens (primary N) is 1. The highest BCUT2D eigenvalue weighted by Gasteiger charge is 2.49. The van der Waals surface area contributed by atoms with Crippen LogP contribution in [-0.2, 0) is 4.79 Å². The number of pyridine rings is 1. The number of amides is 1. The Balaban J connectivity index is 1.66. The maximum absolute atomic E-state index is 12.4. The third kappa shape index (κ3) is 2.25. The molecule has 2 bridgehead atoms. The van der Waals surface area contributed by atoms with Crippen molar-refractivity contribution in [2.75, 3.05) is 0 Å². The van der Waals surface area contributed by atoms with Gasteiger partial charge >= 0.3 is 0 Å². The zero-order chi connectivity index (χ0) is 13.4. The zero-order valence-corrected chi connectivity index (χ0v) is 11.3. The Hall–Kier alpha value is -1.42. The van der Waals surface area contributed by atoms with Gasteiger partial charge in [-0.15, -0.1) is 0 Å². The second kappa shape index (κ2) is 4.93. The van der Waals surface area contributed by atoms with Crippen molar-refractivity contribution in [3.8, 4) is 0 Å². The molecule has 102 valence electrons. The maximum atomic E-state index is 12.4. The van der Waals surface area contributed by atoms with Crippen LogP contribution in [0.1, 0.15) is 37.8 Å². The van der Waals surface area contributed by atoms with Gasteiger partial charge in [-0.25, -0.2) is 0 Å². The number of hydrogen-bond acceptors (Lipinski definition) is 3. The summed E-state index contributed by atoms with van der Waals surface area (Å²) in [5.74, 6) is 1.22. The topological polar surface area (TPSA) is 68.0 Å². The van der Waals surface area contributed by atoms with Gasteiger partial charge in [0.25, 0.3) is 0 Å². The minimum atomic E-state index is 0.0156. The van der Waals surface area contributed by atoms with Crippen LogP contribution < -0.4 is 11.1 Å². The highest BCUT2D eigenvalue weighted by Crippen LogP contribution is 2.47. The lowest BCUT2D eigenvalue weighted by Crippen LogP contribution is -2.45. The Morgan fingerprint density at radius 3 is 2.68 bits per heavy atom. The zero-order valence-electron chi connectivity index (χ0n) is 11.3. The molecular formula is C15H21N3O. The van der Waals surface area contributed by atoms with Crippen molar-refractivity contribution in [3.63, 3.8) is 0 Å². The molecule has 4 heteroatoms. The van der Waals surface area contributed by atoms with Gasteiger partial charge in [0.05, 0.1) is 12.0 Å². The van der Waals surface area contributed by atoms with Crippen molar-refractivity contribution in [3.05, 3.63) is 30.1 Å². The Morgan fingerprint density at radius 1 is 1.37 bits per heavy atom. The fraction of sp³-hybridized carbons (Fsp3) is 0.600. The van der Waals surface area contributed by atoms with E-state index >= 15 is 0 Å². The van der Waals surface area contributed by atoms with Crippen molar-refractivity contribution < 1.29 is 4.79 Å². The van der Waals surface area contributed by atoms with Crippen molar-refractivity contribution in [2.45, 2.75) is 38.3 Å². The highest BCUT2D eigenvalue weighted by atomic mass is 16.2. The lowest BCUT2D eigenvalue weighted by atomic mass is 9.84. The summed E-state index contributed by atoms with van der Waals surface area (Å²) < 4.78 is 0. The summed E-state index contributed by atoms with van der Waals surface area (Å²) in [6, 6.07) is 3.95. The molecule has 2 aliphatic carbocycles. The average Bonchev–Trinajstić information content (AvgIpc) is 3.00. The predicted octanol–water partition coefficient (Wildman–Crippen LogP) is 1.63. The summed E-state index contributed by atoms with van der Waals surface area (Å²) in [6.45, 7) is 2.01. The molecule has 0 spiro atoms. The van der Waals surface area contributed by atoms with Crippen LogP contribution in [0.4, 0.5) is 0 Å². The van der Waals surface area contributed by atoms with Crippen LogP contribution in [0.25, 0.3) is 0 Å². The van der Waals surface area contributed by atoms with Gasteiger partial charge in [-0.2, -0.15) is 0 Å². The van der Waals surface area contributed by atoms with Gasteiger partial charge in [0, 0.05) is 18.4 Å². The third-order valence-corrected chi connectivity index (χ3v) is 4.85. The van der Waals surface area contributed by atoms with E-state index in [-0.39, 0.29) is 23.9 Å². The van der Waals surface area contributed by atoms with Gasteiger partial charge in [-0.05, 0) is 55.7 Å². The van der Waals surface area contributed by atoms with Crippen molar-refractivity contribution >= 4 is 5.91 Å². The smallest absolute Gasteiger partial charge is 0.225 e. The molecular weight excluding hydrogens is 238 g/mol. The molecule has 0 saturated heterocycles. The first kappa shape index (κ1) is 12.6. The van der Waals surface area contributed by atoms with E-state index in [4.69, 9.17) is 5.73 Å². The van der Waals surface area contributed by atoms with Crippen LogP contribution in [0, 0.1) is 17.8 Å². The molecule has 1 aromatic rings. The SMILES string of the molecule is CC(NC(=O)C1C2CCC(C2)C1N)c1ccncc1. The predicted molar refractivity (Wildman–Crippen MR) is 73.1 cm³/mol. The molecule has 2 saturated carbocycles. The standard InChI is InChI=1S/C15H21N3O/c1-9(10-4-6-17-7-5-10)18-15(19)13-11-2-3-12(8-11)14(13)16/h4-7,9,11-14H,2-3,8,16H2,1H3,(H,18,19). The Labute approximate surface area is 113 Å². The Morgan fingerprint density at radius 2 is 2.05 bits per heavy atom. The Kier molecular flexibility index (Phi) is 3.27. The average molecular weight is 259 g/mol. The molecule has 1 aromatic heterocycles. The van der Waals surface area contributed by atoms with Crippen molar-refractivity contribution in [1.82, 2.24) is 10.3 Å². The normalized spacial score (nSPS) is 34.2. The molecule has 2 aliphatic rings. The lowest BCUT2D eigenvalue weighted by Gasteiger charge is -2.28. The Bertz CT molecular complexity index is 460. The lowest BCUT2D eigenvalue weighted by molar-refractivity contribution is -0.127. The number of carbonyl (C=O) groups is 1. The molecule has 19 heavy (non-hydrogen) atoms. The quantitative estimate of drug-likeness (QED) is 0.867. The van der Waals surface area contributed by atoms with E-state index in [0.29, 0.717) is 11.8 Å². The molecule has 0 aromatic carbocycles. The number of fused-ring (bicyclic) bond motifs is 2. The molecule has 3 N–H and O–H groups in total. The van der Waals surface area contributed by atoms with Crippen molar-refractivity contribution in [1.29, 1.82) is 0 Å². The van der Waals surface area contributed by atoms with Crippen LogP contribution in [0.5, 0.6) is 0 Å². The number of nitrogens with one attached hydrogen (secondary N) is 1. The summed E-state index contributed by atoms with van der Waals surface area (Å²) in [4.78, 5) is 16.4. The largest absolute Gasteiger partial charge is 0.349 e. The molecule has 1 heterocycles. The van der Waals surface area contributed by atoms with E-state index in [0.717, 1.165) is 12.0 Å². The van der Waals surface area contributed by atoms with Gasteiger partial charge in [0.1, 0.15) is 0 Å². The monoisotopic (exact) mass is 259 g/mol. The summed E-state index contributed by atoms with van der Waals surface area (Å²) in [5.41, 5.74) is 7.29.